The third-order valence-corrected chi connectivity index (χ3v) is 0. The van der Waals surface area contributed by atoms with E-state index in [-0.39, 0.29) is 81.6 Å². The first-order chi connectivity index (χ1) is 0. The summed E-state index contributed by atoms with van der Waals surface area (Å²) in [6, 6.07) is 0. The van der Waals surface area contributed by atoms with Gasteiger partial charge in [-0.3, -0.25) is 0 Å². The van der Waals surface area contributed by atoms with Gasteiger partial charge in [0.05, 0.1) is 0 Å². The Morgan fingerprint density at radius 2 is 1.00 bits per heavy atom. The van der Waals surface area contributed by atoms with Gasteiger partial charge in [-0.2, -0.15) is 0 Å². The quantitative estimate of drug-likeness (QED) is 0.365. The van der Waals surface area contributed by atoms with E-state index >= 15 is 0 Å². The summed E-state index contributed by atoms with van der Waals surface area (Å²) in [5, 5.41) is 0. The second kappa shape index (κ2) is 17.4. The van der Waals surface area contributed by atoms with Gasteiger partial charge in [0.2, 0.25) is 0 Å². The van der Waals surface area contributed by atoms with Gasteiger partial charge in [0.25, 0.3) is 0 Å². The van der Waals surface area contributed by atoms with Crippen molar-refractivity contribution in [2.24, 2.45) is 0 Å². The fourth-order valence-corrected chi connectivity index (χ4v) is 0. The summed E-state index contributed by atoms with van der Waals surface area (Å²) in [6.45, 7) is 0. The van der Waals surface area contributed by atoms with Gasteiger partial charge < -0.3 is 0 Å². The smallest absolute Gasteiger partial charge is 0 e. The van der Waals surface area contributed by atoms with Crippen molar-refractivity contribution in [3.63, 3.8) is 0 Å². The average molecular weight is 170 g/mol. The minimum absolute atomic E-state index is 0. The molecular formula is H5AlMgTiZn. The van der Waals surface area contributed by atoms with Crippen molar-refractivity contribution < 1.29 is 41.2 Å². The minimum atomic E-state index is 0. The first-order valence-corrected chi connectivity index (χ1v) is 0. The third kappa shape index (κ3) is 8.82. The molecule has 0 heterocycles. The molecule has 0 saturated carbocycles. The summed E-state index contributed by atoms with van der Waals surface area (Å²) >= 11 is 0. The van der Waals surface area contributed by atoms with E-state index in [1.54, 1.807) is 0 Å². The molecule has 0 aromatic carbocycles. The molecule has 0 aromatic rings. The second-order valence-electron chi connectivity index (χ2n) is 0. The molecule has 0 bridgehead atoms. The van der Waals surface area contributed by atoms with Crippen LogP contribution in [0, 0.1) is 0 Å². The molecule has 0 fully saturated rings. The van der Waals surface area contributed by atoms with Crippen LogP contribution in [0.1, 0.15) is 0 Å². The van der Waals surface area contributed by atoms with Gasteiger partial charge in [-0.25, -0.2) is 0 Å². The molecule has 16 valence electrons. The van der Waals surface area contributed by atoms with Crippen molar-refractivity contribution in [1.29, 1.82) is 0 Å². The maximum atomic E-state index is 0. The maximum absolute atomic E-state index is 0. The molecule has 0 rings (SSSR count). The molecule has 0 unspecified atom stereocenters. The fraction of sp³-hybridized carbons (Fsp3) is 0. The molecule has 0 saturated heterocycles. The Balaban J connectivity index is 0. The number of hydrogen-bond donors (Lipinski definition) is 0. The molecule has 4 heavy (non-hydrogen) atoms. The monoisotopic (exact) mass is 168 g/mol. The Hall–Kier alpha value is 2.64. The van der Waals surface area contributed by atoms with Gasteiger partial charge in [0.15, 0.2) is 17.4 Å². The minimum Gasteiger partial charge on any atom is 0 e. The first-order valence-electron chi connectivity index (χ1n) is 0. The summed E-state index contributed by atoms with van der Waals surface area (Å²) < 4.78 is 0. The molecule has 0 aliphatic rings. The van der Waals surface area contributed by atoms with Crippen LogP contribution in [0.15, 0.2) is 0 Å². The van der Waals surface area contributed by atoms with E-state index in [0.717, 1.165) is 0 Å². The summed E-state index contributed by atoms with van der Waals surface area (Å²) in [5.74, 6) is 0. The first kappa shape index (κ1) is 30.3. The van der Waals surface area contributed by atoms with E-state index < -0.39 is 0 Å². The van der Waals surface area contributed by atoms with Crippen LogP contribution in [0.25, 0.3) is 0 Å². The van der Waals surface area contributed by atoms with Crippen LogP contribution >= 0.6 is 0 Å². The molecule has 0 aromatic heterocycles. The Kier molecular flexibility index (Phi) is 132. The van der Waals surface area contributed by atoms with Gasteiger partial charge in [-0.15, -0.1) is 0 Å². The van der Waals surface area contributed by atoms with E-state index in [9.17, 15) is 0 Å². The summed E-state index contributed by atoms with van der Waals surface area (Å²) in [7, 11) is 0. The SMILES string of the molecule is [AlH3].[MgH2].[Ti].[Zn]. The van der Waals surface area contributed by atoms with Crippen LogP contribution in [0.2, 0.25) is 0 Å². The van der Waals surface area contributed by atoms with E-state index in [1.165, 1.54) is 0 Å². The predicted molar refractivity (Wildman–Crippen MR) is 18.5 cm³/mol. The van der Waals surface area contributed by atoms with E-state index in [2.05, 4.69) is 0 Å². The van der Waals surface area contributed by atoms with Crippen LogP contribution in [0.4, 0.5) is 0 Å². The van der Waals surface area contributed by atoms with Crippen molar-refractivity contribution in [1.82, 2.24) is 0 Å². The van der Waals surface area contributed by atoms with Crippen LogP contribution < -0.4 is 0 Å². The van der Waals surface area contributed by atoms with Gasteiger partial charge in [0, 0.05) is 41.2 Å². The van der Waals surface area contributed by atoms with Crippen LogP contribution in [0.5, 0.6) is 0 Å². The third-order valence-electron chi connectivity index (χ3n) is 0. The normalized spacial score (nSPS) is 0. The van der Waals surface area contributed by atoms with E-state index in [4.69, 9.17) is 0 Å². The van der Waals surface area contributed by atoms with Crippen LogP contribution in [0.3, 0.4) is 0 Å². The van der Waals surface area contributed by atoms with E-state index in [1.807, 2.05) is 0 Å². The zero-order valence-corrected chi connectivity index (χ0v) is 5.74. The van der Waals surface area contributed by atoms with Gasteiger partial charge in [-0.1, -0.05) is 0 Å². The molecule has 0 aliphatic carbocycles. The second-order valence-corrected chi connectivity index (χ2v) is 0. The van der Waals surface area contributed by atoms with Crippen molar-refractivity contribution >= 4 is 40.4 Å². The van der Waals surface area contributed by atoms with Crippen LogP contribution in [-0.2, 0) is 41.2 Å². The fourth-order valence-electron chi connectivity index (χ4n) is 0. The van der Waals surface area contributed by atoms with Gasteiger partial charge >= 0.3 is 23.1 Å². The van der Waals surface area contributed by atoms with E-state index in [0.29, 0.717) is 0 Å². The number of rotatable bonds is 0. The molecular weight excluding hydrogens is 165 g/mol. The summed E-state index contributed by atoms with van der Waals surface area (Å²) in [6.07, 6.45) is 0. The molecule has 4 heteroatoms. The molecule has 0 aliphatic heterocycles. The topological polar surface area (TPSA) is 0 Å². The maximum Gasteiger partial charge on any atom is 0.316 e. The molecule has 0 amide bonds. The Morgan fingerprint density at radius 1 is 1.00 bits per heavy atom. The molecule has 0 nitrogen and oxygen atoms in total. The summed E-state index contributed by atoms with van der Waals surface area (Å²) in [5.41, 5.74) is 0. The van der Waals surface area contributed by atoms with Crippen molar-refractivity contribution in [2.45, 2.75) is 0 Å². The Bertz CT molecular complexity index is 8.00. The van der Waals surface area contributed by atoms with Gasteiger partial charge in [0.1, 0.15) is 0 Å². The van der Waals surface area contributed by atoms with Crippen molar-refractivity contribution in [3.05, 3.63) is 0 Å². The molecule has 0 radical (unpaired) electrons. The standard InChI is InChI=1S/Al.Mg.Ti.Zn.5H. The van der Waals surface area contributed by atoms with Crippen LogP contribution in [-0.4, -0.2) is 40.4 Å². The van der Waals surface area contributed by atoms with Crippen molar-refractivity contribution in [3.8, 4) is 0 Å². The summed E-state index contributed by atoms with van der Waals surface area (Å²) in [4.78, 5) is 0. The van der Waals surface area contributed by atoms with Crippen molar-refractivity contribution in [2.75, 3.05) is 0 Å². The largest absolute Gasteiger partial charge is 0.316 e. The zero-order chi connectivity index (χ0) is 0. The Morgan fingerprint density at radius 3 is 1.00 bits per heavy atom. The number of hydrogen-bond acceptors (Lipinski definition) is 0. The predicted octanol–water partition coefficient (Wildman–Crippen LogP) is -2.11. The zero-order valence-electron chi connectivity index (χ0n) is 1.21. The Labute approximate surface area is 80.4 Å². The molecule has 0 spiro atoms. The van der Waals surface area contributed by atoms with Gasteiger partial charge in [-0.05, 0) is 0 Å². The molecule has 0 atom stereocenters. The average Bonchev–Trinajstić information content (AvgIpc) is 0. The molecule has 0 N–H and O–H groups in total.